The van der Waals surface area contributed by atoms with E-state index in [0.717, 1.165) is 32.0 Å². The summed E-state index contributed by atoms with van der Waals surface area (Å²) in [6.45, 7) is 8.77. The summed E-state index contributed by atoms with van der Waals surface area (Å²) in [7, 11) is 0. The highest BCUT2D eigenvalue weighted by atomic mass is 15.2. The molecule has 1 saturated heterocycles. The van der Waals surface area contributed by atoms with Crippen LogP contribution in [0.25, 0.3) is 0 Å². The van der Waals surface area contributed by atoms with Crippen LogP contribution in [0, 0.1) is 0 Å². The van der Waals surface area contributed by atoms with Gasteiger partial charge in [-0.25, -0.2) is 9.97 Å². The molecule has 0 radical (unpaired) electrons. The molecule has 0 atom stereocenters. The van der Waals surface area contributed by atoms with Crippen molar-refractivity contribution in [3.8, 4) is 0 Å². The van der Waals surface area contributed by atoms with Crippen LogP contribution in [-0.2, 0) is 6.54 Å². The highest BCUT2D eigenvalue weighted by Gasteiger charge is 2.30. The zero-order valence-corrected chi connectivity index (χ0v) is 11.5. The van der Waals surface area contributed by atoms with Gasteiger partial charge in [0.2, 0.25) is 0 Å². The molecule has 1 fully saturated rings. The SMILES string of the molecule is CCC1(CC)CN(Cc2ncccn2)CCCN1. The van der Waals surface area contributed by atoms with Crippen LogP contribution in [0.1, 0.15) is 38.9 Å². The third-order valence-electron chi connectivity index (χ3n) is 4.02. The first-order valence-electron chi connectivity index (χ1n) is 7.01. The second kappa shape index (κ2) is 6.25. The summed E-state index contributed by atoms with van der Waals surface area (Å²) in [6, 6.07) is 1.87. The van der Waals surface area contributed by atoms with Gasteiger partial charge in [-0.15, -0.1) is 0 Å². The van der Waals surface area contributed by atoms with Crippen LogP contribution in [-0.4, -0.2) is 40.0 Å². The van der Waals surface area contributed by atoms with Gasteiger partial charge in [0.1, 0.15) is 5.82 Å². The van der Waals surface area contributed by atoms with Crippen molar-refractivity contribution in [1.82, 2.24) is 20.2 Å². The molecule has 1 aliphatic heterocycles. The van der Waals surface area contributed by atoms with Crippen molar-refractivity contribution >= 4 is 0 Å². The largest absolute Gasteiger partial charge is 0.310 e. The Morgan fingerprint density at radius 2 is 2.00 bits per heavy atom. The summed E-state index contributed by atoms with van der Waals surface area (Å²) in [6.07, 6.45) is 7.20. The minimum absolute atomic E-state index is 0.269. The monoisotopic (exact) mass is 248 g/mol. The highest BCUT2D eigenvalue weighted by molar-refractivity contribution is 4.94. The van der Waals surface area contributed by atoms with Crippen molar-refractivity contribution in [3.63, 3.8) is 0 Å². The molecule has 0 amide bonds. The van der Waals surface area contributed by atoms with Gasteiger partial charge < -0.3 is 5.32 Å². The Labute approximate surface area is 110 Å². The molecule has 1 aromatic heterocycles. The number of nitrogens with one attached hydrogen (secondary N) is 1. The summed E-state index contributed by atoms with van der Waals surface area (Å²) in [5.74, 6) is 0.931. The lowest BCUT2D eigenvalue weighted by molar-refractivity contribution is 0.188. The van der Waals surface area contributed by atoms with Crippen molar-refractivity contribution in [2.45, 2.75) is 45.2 Å². The van der Waals surface area contributed by atoms with Crippen molar-refractivity contribution < 1.29 is 0 Å². The van der Waals surface area contributed by atoms with Gasteiger partial charge in [-0.3, -0.25) is 4.90 Å². The zero-order valence-electron chi connectivity index (χ0n) is 11.5. The molecule has 2 heterocycles. The Kier molecular flexibility index (Phi) is 4.66. The van der Waals surface area contributed by atoms with E-state index in [9.17, 15) is 0 Å². The molecule has 0 aliphatic carbocycles. The summed E-state index contributed by atoms with van der Waals surface area (Å²) in [5, 5.41) is 3.73. The fourth-order valence-corrected chi connectivity index (χ4v) is 2.69. The van der Waals surface area contributed by atoms with Crippen molar-refractivity contribution in [3.05, 3.63) is 24.3 Å². The molecule has 1 aromatic rings. The second-order valence-corrected chi connectivity index (χ2v) is 5.14. The molecular weight excluding hydrogens is 224 g/mol. The van der Waals surface area contributed by atoms with Gasteiger partial charge in [-0.05, 0) is 38.4 Å². The fourth-order valence-electron chi connectivity index (χ4n) is 2.69. The molecule has 0 bridgehead atoms. The Balaban J connectivity index is 2.03. The van der Waals surface area contributed by atoms with Crippen LogP contribution < -0.4 is 5.32 Å². The molecule has 18 heavy (non-hydrogen) atoms. The van der Waals surface area contributed by atoms with Crippen LogP contribution in [0.2, 0.25) is 0 Å². The van der Waals surface area contributed by atoms with Crippen LogP contribution >= 0.6 is 0 Å². The quantitative estimate of drug-likeness (QED) is 0.882. The number of hydrogen-bond acceptors (Lipinski definition) is 4. The van der Waals surface area contributed by atoms with Crippen LogP contribution in [0.4, 0.5) is 0 Å². The molecule has 0 saturated carbocycles. The number of nitrogens with zero attached hydrogens (tertiary/aromatic N) is 3. The van der Waals surface area contributed by atoms with Crippen molar-refractivity contribution in [2.24, 2.45) is 0 Å². The van der Waals surface area contributed by atoms with E-state index in [1.54, 1.807) is 0 Å². The topological polar surface area (TPSA) is 41.1 Å². The van der Waals surface area contributed by atoms with E-state index >= 15 is 0 Å². The van der Waals surface area contributed by atoms with E-state index in [1.165, 1.54) is 19.3 Å². The van der Waals surface area contributed by atoms with Gasteiger partial charge in [0.15, 0.2) is 0 Å². The maximum atomic E-state index is 4.33. The lowest BCUT2D eigenvalue weighted by Gasteiger charge is -2.35. The Morgan fingerprint density at radius 3 is 2.67 bits per heavy atom. The Bertz CT molecular complexity index is 348. The lowest BCUT2D eigenvalue weighted by Crippen LogP contribution is -2.50. The second-order valence-electron chi connectivity index (χ2n) is 5.14. The predicted octanol–water partition coefficient (Wildman–Crippen LogP) is 1.83. The van der Waals surface area contributed by atoms with Crippen LogP contribution in [0.5, 0.6) is 0 Å². The van der Waals surface area contributed by atoms with E-state index < -0.39 is 0 Å². The third kappa shape index (κ3) is 3.27. The first-order valence-corrected chi connectivity index (χ1v) is 7.01. The smallest absolute Gasteiger partial charge is 0.142 e. The Morgan fingerprint density at radius 1 is 1.28 bits per heavy atom. The van der Waals surface area contributed by atoms with Crippen LogP contribution in [0.3, 0.4) is 0 Å². The van der Waals surface area contributed by atoms with E-state index in [0.29, 0.717) is 0 Å². The summed E-state index contributed by atoms with van der Waals surface area (Å²) in [4.78, 5) is 11.1. The maximum absolute atomic E-state index is 4.33. The third-order valence-corrected chi connectivity index (χ3v) is 4.02. The van der Waals surface area contributed by atoms with Crippen LogP contribution in [0.15, 0.2) is 18.5 Å². The van der Waals surface area contributed by atoms with E-state index in [1.807, 2.05) is 18.5 Å². The normalized spacial score (nSPS) is 20.6. The number of hydrogen-bond donors (Lipinski definition) is 1. The molecule has 2 rings (SSSR count). The number of rotatable bonds is 4. The number of aromatic nitrogens is 2. The molecule has 100 valence electrons. The molecule has 0 unspecified atom stereocenters. The zero-order chi connectivity index (χ0) is 12.8. The van der Waals surface area contributed by atoms with Gasteiger partial charge in [-0.1, -0.05) is 13.8 Å². The van der Waals surface area contributed by atoms with Gasteiger partial charge >= 0.3 is 0 Å². The van der Waals surface area contributed by atoms with Gasteiger partial charge in [0.25, 0.3) is 0 Å². The predicted molar refractivity (Wildman–Crippen MR) is 73.2 cm³/mol. The van der Waals surface area contributed by atoms with E-state index in [-0.39, 0.29) is 5.54 Å². The van der Waals surface area contributed by atoms with Gasteiger partial charge in [-0.2, -0.15) is 0 Å². The fraction of sp³-hybridized carbons (Fsp3) is 0.714. The highest BCUT2D eigenvalue weighted by Crippen LogP contribution is 2.20. The maximum Gasteiger partial charge on any atom is 0.142 e. The van der Waals surface area contributed by atoms with E-state index in [2.05, 4.69) is 34.0 Å². The molecular formula is C14H24N4. The average Bonchev–Trinajstić information content (AvgIpc) is 2.63. The molecule has 0 aromatic carbocycles. The minimum Gasteiger partial charge on any atom is -0.310 e. The van der Waals surface area contributed by atoms with Gasteiger partial charge in [0, 0.05) is 24.5 Å². The lowest BCUT2D eigenvalue weighted by atomic mass is 9.92. The first-order chi connectivity index (χ1) is 8.78. The molecule has 1 N–H and O–H groups in total. The molecule has 0 spiro atoms. The van der Waals surface area contributed by atoms with Gasteiger partial charge in [0.05, 0.1) is 6.54 Å². The molecule has 1 aliphatic rings. The Hall–Kier alpha value is -1.00. The molecule has 4 heteroatoms. The summed E-state index contributed by atoms with van der Waals surface area (Å²) < 4.78 is 0. The van der Waals surface area contributed by atoms with Crippen molar-refractivity contribution in [1.29, 1.82) is 0 Å². The van der Waals surface area contributed by atoms with Crippen molar-refractivity contribution in [2.75, 3.05) is 19.6 Å². The summed E-state index contributed by atoms with van der Waals surface area (Å²) >= 11 is 0. The standard InChI is InChI=1S/C14H24N4/c1-3-14(4-2)12-18(10-6-9-17-14)11-13-15-7-5-8-16-13/h5,7-8,17H,3-4,6,9-12H2,1-2H3. The molecule has 4 nitrogen and oxygen atoms in total. The average molecular weight is 248 g/mol. The summed E-state index contributed by atoms with van der Waals surface area (Å²) in [5.41, 5.74) is 0.269. The first kappa shape index (κ1) is 13.4. The van der Waals surface area contributed by atoms with E-state index in [4.69, 9.17) is 0 Å². The minimum atomic E-state index is 0.269.